The quantitative estimate of drug-likeness (QED) is 0.688. The van der Waals surface area contributed by atoms with Crippen molar-refractivity contribution in [3.63, 3.8) is 0 Å². The molecule has 1 N–H and O–H groups in total. The number of halogens is 1. The summed E-state index contributed by atoms with van der Waals surface area (Å²) in [4.78, 5) is 12.7. The van der Waals surface area contributed by atoms with Gasteiger partial charge in [0.25, 0.3) is 5.69 Å². The first-order valence-electron chi connectivity index (χ1n) is 5.89. The van der Waals surface area contributed by atoms with Crippen LogP contribution in [-0.4, -0.2) is 31.1 Å². The molecule has 0 bridgehead atoms. The predicted octanol–water partition coefficient (Wildman–Crippen LogP) is 2.46. The zero-order valence-corrected chi connectivity index (χ0v) is 12.0. The molecule has 2 rings (SSSR count). The Bertz CT molecular complexity index is 473. The summed E-state index contributed by atoms with van der Waals surface area (Å²) in [6.07, 6.45) is 1.10. The van der Waals surface area contributed by atoms with Gasteiger partial charge in [0.15, 0.2) is 0 Å². The van der Waals surface area contributed by atoms with Crippen LogP contribution in [0.15, 0.2) is 16.6 Å². The molecule has 1 atom stereocenters. The lowest BCUT2D eigenvalue weighted by molar-refractivity contribution is -0.385. The maximum absolute atomic E-state index is 10.9. The highest BCUT2D eigenvalue weighted by atomic mass is 79.9. The summed E-state index contributed by atoms with van der Waals surface area (Å²) in [6.45, 7) is 3.76. The van der Waals surface area contributed by atoms with Gasteiger partial charge in [-0.1, -0.05) is 0 Å². The number of rotatable bonds is 3. The van der Waals surface area contributed by atoms with E-state index >= 15 is 0 Å². The van der Waals surface area contributed by atoms with Crippen LogP contribution in [-0.2, 0) is 0 Å². The summed E-state index contributed by atoms with van der Waals surface area (Å²) in [5.41, 5.74) is 1.85. The lowest BCUT2D eigenvalue weighted by Crippen LogP contribution is -2.33. The van der Waals surface area contributed by atoms with Crippen molar-refractivity contribution in [2.75, 3.05) is 25.0 Å². The number of nitrogens with zero attached hydrogens (tertiary/aromatic N) is 2. The predicted molar refractivity (Wildman–Crippen MR) is 75.2 cm³/mol. The van der Waals surface area contributed by atoms with Gasteiger partial charge in [0.2, 0.25) is 0 Å². The van der Waals surface area contributed by atoms with Crippen molar-refractivity contribution in [2.45, 2.75) is 19.4 Å². The van der Waals surface area contributed by atoms with Crippen LogP contribution in [0.3, 0.4) is 0 Å². The number of nitro benzene ring substituents is 1. The molecule has 1 unspecified atom stereocenters. The van der Waals surface area contributed by atoms with E-state index in [2.05, 4.69) is 26.1 Å². The van der Waals surface area contributed by atoms with Crippen molar-refractivity contribution in [3.8, 4) is 0 Å². The first kappa shape index (κ1) is 13.3. The van der Waals surface area contributed by atoms with E-state index in [1.807, 2.05) is 13.1 Å². The number of aryl methyl sites for hydroxylation is 1. The topological polar surface area (TPSA) is 58.4 Å². The van der Waals surface area contributed by atoms with Crippen LogP contribution in [0.5, 0.6) is 0 Å². The fourth-order valence-electron chi connectivity index (χ4n) is 2.29. The molecule has 1 heterocycles. The van der Waals surface area contributed by atoms with Crippen LogP contribution in [0.2, 0.25) is 0 Å². The second-order valence-corrected chi connectivity index (χ2v) is 5.46. The monoisotopic (exact) mass is 313 g/mol. The van der Waals surface area contributed by atoms with Crippen LogP contribution in [0.25, 0.3) is 0 Å². The Kier molecular flexibility index (Phi) is 3.87. The summed E-state index contributed by atoms with van der Waals surface area (Å²) >= 11 is 3.43. The second-order valence-electron chi connectivity index (χ2n) is 4.60. The van der Waals surface area contributed by atoms with Crippen LogP contribution in [0.1, 0.15) is 12.0 Å². The molecule has 0 aliphatic carbocycles. The SMILES string of the molecule is Cc1cc(N(C)C2CCNC2)c(Br)cc1[N+](=O)[O-]. The maximum Gasteiger partial charge on any atom is 0.273 e. The Hall–Kier alpha value is -1.14. The number of benzene rings is 1. The minimum Gasteiger partial charge on any atom is -0.369 e. The fourth-order valence-corrected chi connectivity index (χ4v) is 2.90. The molecule has 1 saturated heterocycles. The highest BCUT2D eigenvalue weighted by molar-refractivity contribution is 9.10. The van der Waals surface area contributed by atoms with Crippen molar-refractivity contribution in [1.29, 1.82) is 0 Å². The molecule has 1 fully saturated rings. The minimum absolute atomic E-state index is 0.156. The molecule has 0 aromatic heterocycles. The van der Waals surface area contributed by atoms with E-state index in [9.17, 15) is 10.1 Å². The molecule has 1 aromatic carbocycles. The zero-order chi connectivity index (χ0) is 13.3. The number of hydrogen-bond acceptors (Lipinski definition) is 4. The maximum atomic E-state index is 10.9. The molecule has 6 heteroatoms. The van der Waals surface area contributed by atoms with Crippen molar-refractivity contribution < 1.29 is 4.92 Å². The Morgan fingerprint density at radius 3 is 2.83 bits per heavy atom. The Labute approximate surface area is 114 Å². The van der Waals surface area contributed by atoms with Crippen molar-refractivity contribution in [1.82, 2.24) is 5.32 Å². The van der Waals surface area contributed by atoms with Crippen molar-refractivity contribution >= 4 is 27.3 Å². The van der Waals surface area contributed by atoms with E-state index in [0.717, 1.165) is 29.7 Å². The van der Waals surface area contributed by atoms with Gasteiger partial charge in [-0.3, -0.25) is 10.1 Å². The van der Waals surface area contributed by atoms with Gasteiger partial charge in [0, 0.05) is 35.7 Å². The molecular formula is C12H16BrN3O2. The van der Waals surface area contributed by atoms with E-state index in [1.54, 1.807) is 13.0 Å². The van der Waals surface area contributed by atoms with Gasteiger partial charge < -0.3 is 10.2 Å². The number of nitrogens with one attached hydrogen (secondary N) is 1. The van der Waals surface area contributed by atoms with Gasteiger partial charge in [-0.05, 0) is 41.9 Å². The highest BCUT2D eigenvalue weighted by Crippen LogP contribution is 2.34. The fraction of sp³-hybridized carbons (Fsp3) is 0.500. The van der Waals surface area contributed by atoms with Crippen LogP contribution < -0.4 is 10.2 Å². The number of anilines is 1. The molecule has 1 aliphatic heterocycles. The molecule has 18 heavy (non-hydrogen) atoms. The van der Waals surface area contributed by atoms with Crippen molar-refractivity contribution in [2.24, 2.45) is 0 Å². The Balaban J connectivity index is 2.33. The molecular weight excluding hydrogens is 298 g/mol. The highest BCUT2D eigenvalue weighted by Gasteiger charge is 2.23. The van der Waals surface area contributed by atoms with E-state index in [-0.39, 0.29) is 10.6 Å². The number of hydrogen-bond donors (Lipinski definition) is 1. The van der Waals surface area contributed by atoms with Crippen LogP contribution in [0, 0.1) is 17.0 Å². The molecule has 0 spiro atoms. The molecule has 5 nitrogen and oxygen atoms in total. The normalized spacial score (nSPS) is 18.9. The standard InChI is InChI=1S/C12H16BrN3O2/c1-8-5-12(10(13)6-11(8)16(17)18)15(2)9-3-4-14-7-9/h5-6,9,14H,3-4,7H2,1-2H3. The summed E-state index contributed by atoms with van der Waals surface area (Å²) in [5, 5.41) is 14.2. The Morgan fingerprint density at radius 1 is 1.56 bits per heavy atom. The molecule has 0 amide bonds. The molecule has 98 valence electrons. The smallest absolute Gasteiger partial charge is 0.273 e. The Morgan fingerprint density at radius 2 is 2.28 bits per heavy atom. The van der Waals surface area contributed by atoms with Crippen LogP contribution in [0.4, 0.5) is 11.4 Å². The van der Waals surface area contributed by atoms with Gasteiger partial charge in [0.05, 0.1) is 10.6 Å². The van der Waals surface area contributed by atoms with Gasteiger partial charge in [-0.15, -0.1) is 0 Å². The first-order chi connectivity index (χ1) is 8.50. The molecule has 0 saturated carbocycles. The molecule has 1 aromatic rings. The average Bonchev–Trinajstić information content (AvgIpc) is 2.84. The molecule has 1 aliphatic rings. The van der Waals surface area contributed by atoms with E-state index in [4.69, 9.17) is 0 Å². The van der Waals surface area contributed by atoms with Crippen LogP contribution >= 0.6 is 15.9 Å². The van der Waals surface area contributed by atoms with E-state index in [0.29, 0.717) is 11.6 Å². The molecule has 0 radical (unpaired) electrons. The van der Waals surface area contributed by atoms with Gasteiger partial charge in [0.1, 0.15) is 0 Å². The largest absolute Gasteiger partial charge is 0.369 e. The third kappa shape index (κ3) is 2.49. The van der Waals surface area contributed by atoms with E-state index in [1.165, 1.54) is 0 Å². The van der Waals surface area contributed by atoms with Gasteiger partial charge in [-0.25, -0.2) is 0 Å². The summed E-state index contributed by atoms with van der Waals surface area (Å²) in [7, 11) is 2.03. The summed E-state index contributed by atoms with van der Waals surface area (Å²) in [6, 6.07) is 3.91. The number of nitro groups is 1. The van der Waals surface area contributed by atoms with Gasteiger partial charge in [-0.2, -0.15) is 0 Å². The second kappa shape index (κ2) is 5.24. The summed E-state index contributed by atoms with van der Waals surface area (Å²) in [5.74, 6) is 0. The van der Waals surface area contributed by atoms with Gasteiger partial charge >= 0.3 is 0 Å². The first-order valence-corrected chi connectivity index (χ1v) is 6.68. The third-order valence-corrected chi connectivity index (χ3v) is 4.06. The van der Waals surface area contributed by atoms with Crippen molar-refractivity contribution in [3.05, 3.63) is 32.3 Å². The summed E-state index contributed by atoms with van der Waals surface area (Å²) < 4.78 is 0.772. The average molecular weight is 314 g/mol. The minimum atomic E-state index is -0.346. The lowest BCUT2D eigenvalue weighted by atomic mass is 10.1. The number of likely N-dealkylation sites (N-methyl/N-ethyl adjacent to an activating group) is 1. The van der Waals surface area contributed by atoms with E-state index < -0.39 is 0 Å². The lowest BCUT2D eigenvalue weighted by Gasteiger charge is -2.27. The zero-order valence-electron chi connectivity index (χ0n) is 10.4. The third-order valence-electron chi connectivity index (χ3n) is 3.42.